The van der Waals surface area contributed by atoms with Gasteiger partial charge in [-0.3, -0.25) is 0 Å². The number of ether oxygens (including phenoxy) is 1. The van der Waals surface area contributed by atoms with Gasteiger partial charge in [0.05, 0.1) is 7.11 Å². The Labute approximate surface area is 151 Å². The van der Waals surface area contributed by atoms with Crippen LogP contribution >= 0.6 is 0 Å². The van der Waals surface area contributed by atoms with E-state index in [1.165, 1.54) is 7.11 Å². The molecule has 0 saturated carbocycles. The van der Waals surface area contributed by atoms with Gasteiger partial charge in [-0.05, 0) is 48.9 Å². The highest BCUT2D eigenvalue weighted by molar-refractivity contribution is 7.89. The number of benzene rings is 1. The highest BCUT2D eigenvalue weighted by Gasteiger charge is 2.22. The molecule has 0 radical (unpaired) electrons. The number of hydrogen-bond acceptors (Lipinski definition) is 5. The molecule has 7 heteroatoms. The van der Waals surface area contributed by atoms with E-state index in [1.807, 2.05) is 19.9 Å². The number of aliphatic hydroxyl groups is 1. The SMILES string of the molecule is COc1ccc(C(C)C)cc1S(=O)(=O)NCCN1CCC[C@@H](CO)C1. The smallest absolute Gasteiger partial charge is 0.244 e. The molecule has 1 fully saturated rings. The van der Waals surface area contributed by atoms with Gasteiger partial charge in [0, 0.05) is 26.2 Å². The van der Waals surface area contributed by atoms with Gasteiger partial charge in [-0.2, -0.15) is 0 Å². The summed E-state index contributed by atoms with van der Waals surface area (Å²) in [6, 6.07) is 5.29. The van der Waals surface area contributed by atoms with Crippen LogP contribution in [0.4, 0.5) is 0 Å². The van der Waals surface area contributed by atoms with Crippen molar-refractivity contribution in [1.82, 2.24) is 9.62 Å². The highest BCUT2D eigenvalue weighted by atomic mass is 32.2. The molecule has 0 aliphatic carbocycles. The third-order valence-corrected chi connectivity index (χ3v) is 6.21. The van der Waals surface area contributed by atoms with E-state index in [2.05, 4.69) is 9.62 Å². The van der Waals surface area contributed by atoms with Crippen molar-refractivity contribution >= 4 is 10.0 Å². The molecule has 0 spiro atoms. The minimum atomic E-state index is -3.63. The average Bonchev–Trinajstić information content (AvgIpc) is 2.61. The van der Waals surface area contributed by atoms with Gasteiger partial charge in [-0.15, -0.1) is 0 Å². The zero-order valence-electron chi connectivity index (χ0n) is 15.4. The summed E-state index contributed by atoms with van der Waals surface area (Å²) in [6.45, 7) is 7.01. The van der Waals surface area contributed by atoms with Gasteiger partial charge in [0.15, 0.2) is 0 Å². The van der Waals surface area contributed by atoms with E-state index in [1.54, 1.807) is 12.1 Å². The van der Waals surface area contributed by atoms with E-state index in [0.29, 0.717) is 24.8 Å². The summed E-state index contributed by atoms with van der Waals surface area (Å²) >= 11 is 0. The Balaban J connectivity index is 2.02. The first-order chi connectivity index (χ1) is 11.9. The van der Waals surface area contributed by atoms with Crippen LogP contribution in [-0.2, 0) is 10.0 Å². The van der Waals surface area contributed by atoms with Crippen molar-refractivity contribution in [2.75, 3.05) is 39.9 Å². The Hall–Kier alpha value is -1.15. The number of sulfonamides is 1. The maximum Gasteiger partial charge on any atom is 0.244 e. The molecule has 1 heterocycles. The summed E-state index contributed by atoms with van der Waals surface area (Å²) in [6.07, 6.45) is 2.08. The first-order valence-electron chi connectivity index (χ1n) is 8.88. The van der Waals surface area contributed by atoms with Gasteiger partial charge < -0.3 is 14.7 Å². The molecule has 2 rings (SSSR count). The highest BCUT2D eigenvalue weighted by Crippen LogP contribution is 2.27. The normalized spacial score (nSPS) is 19.3. The summed E-state index contributed by atoms with van der Waals surface area (Å²) in [4.78, 5) is 2.39. The van der Waals surface area contributed by atoms with E-state index >= 15 is 0 Å². The monoisotopic (exact) mass is 370 g/mol. The van der Waals surface area contributed by atoms with E-state index < -0.39 is 10.0 Å². The second-order valence-corrected chi connectivity index (χ2v) is 8.69. The van der Waals surface area contributed by atoms with Crippen molar-refractivity contribution in [2.45, 2.75) is 37.5 Å². The van der Waals surface area contributed by atoms with Crippen molar-refractivity contribution in [3.05, 3.63) is 23.8 Å². The van der Waals surface area contributed by atoms with Gasteiger partial charge in [0.25, 0.3) is 0 Å². The van der Waals surface area contributed by atoms with Gasteiger partial charge in [0.2, 0.25) is 10.0 Å². The predicted molar refractivity (Wildman–Crippen MR) is 98.5 cm³/mol. The number of likely N-dealkylation sites (tertiary alicyclic amines) is 1. The summed E-state index contributed by atoms with van der Waals surface area (Å²) in [5.41, 5.74) is 0.961. The Morgan fingerprint density at radius 3 is 2.80 bits per heavy atom. The molecular formula is C18H30N2O4S. The van der Waals surface area contributed by atoms with Crippen LogP contribution in [0.3, 0.4) is 0 Å². The quantitative estimate of drug-likeness (QED) is 0.729. The Kier molecular flexibility index (Phi) is 7.25. The van der Waals surface area contributed by atoms with E-state index in [-0.39, 0.29) is 17.4 Å². The number of nitrogens with zero attached hydrogens (tertiary/aromatic N) is 1. The first-order valence-corrected chi connectivity index (χ1v) is 10.4. The van der Waals surface area contributed by atoms with Crippen molar-refractivity contribution < 1.29 is 18.3 Å². The lowest BCUT2D eigenvalue weighted by atomic mass is 9.99. The van der Waals surface area contributed by atoms with Crippen LogP contribution in [0.25, 0.3) is 0 Å². The van der Waals surface area contributed by atoms with Crippen LogP contribution in [0.2, 0.25) is 0 Å². The number of aliphatic hydroxyl groups excluding tert-OH is 1. The molecule has 25 heavy (non-hydrogen) atoms. The lowest BCUT2D eigenvalue weighted by molar-refractivity contribution is 0.122. The number of methoxy groups -OCH3 is 1. The number of hydrogen-bond donors (Lipinski definition) is 2. The number of nitrogens with one attached hydrogen (secondary N) is 1. The topological polar surface area (TPSA) is 78.9 Å². The van der Waals surface area contributed by atoms with Crippen LogP contribution in [0.15, 0.2) is 23.1 Å². The predicted octanol–water partition coefficient (Wildman–Crippen LogP) is 1.80. The molecule has 1 aliphatic heterocycles. The summed E-state index contributed by atoms with van der Waals surface area (Å²) in [7, 11) is -2.15. The van der Waals surface area contributed by atoms with Gasteiger partial charge in [-0.25, -0.2) is 13.1 Å². The second kappa shape index (κ2) is 8.98. The van der Waals surface area contributed by atoms with E-state index in [9.17, 15) is 13.5 Å². The molecular weight excluding hydrogens is 340 g/mol. The van der Waals surface area contributed by atoms with Crippen molar-refractivity contribution in [3.63, 3.8) is 0 Å². The fraction of sp³-hybridized carbons (Fsp3) is 0.667. The summed E-state index contributed by atoms with van der Waals surface area (Å²) in [5.74, 6) is 0.895. The molecule has 142 valence electrons. The van der Waals surface area contributed by atoms with E-state index in [0.717, 1.165) is 31.5 Å². The van der Waals surface area contributed by atoms with Gasteiger partial charge in [0.1, 0.15) is 10.6 Å². The van der Waals surface area contributed by atoms with Crippen LogP contribution in [0.5, 0.6) is 5.75 Å². The summed E-state index contributed by atoms with van der Waals surface area (Å²) in [5, 5.41) is 9.29. The second-order valence-electron chi connectivity index (χ2n) is 6.95. The van der Waals surface area contributed by atoms with Gasteiger partial charge >= 0.3 is 0 Å². The molecule has 1 saturated heterocycles. The Morgan fingerprint density at radius 1 is 1.40 bits per heavy atom. The third-order valence-electron chi connectivity index (χ3n) is 4.73. The third kappa shape index (κ3) is 5.41. The minimum absolute atomic E-state index is 0.188. The molecule has 0 bridgehead atoms. The average molecular weight is 371 g/mol. The first kappa shape index (κ1) is 20.2. The molecule has 0 aromatic heterocycles. The molecule has 2 N–H and O–H groups in total. The standard InChI is InChI=1S/C18H30N2O4S/c1-14(2)16-6-7-17(24-3)18(11-16)25(22,23)19-8-10-20-9-4-5-15(12-20)13-21/h6-7,11,14-15,19,21H,4-5,8-10,12-13H2,1-3H3/t15-/m1/s1. The largest absolute Gasteiger partial charge is 0.495 e. The fourth-order valence-corrected chi connectivity index (χ4v) is 4.40. The van der Waals surface area contributed by atoms with Crippen LogP contribution in [0, 0.1) is 5.92 Å². The molecule has 1 aromatic carbocycles. The maximum absolute atomic E-state index is 12.7. The summed E-state index contributed by atoms with van der Waals surface area (Å²) < 4.78 is 33.3. The maximum atomic E-state index is 12.7. The Morgan fingerprint density at radius 2 is 2.16 bits per heavy atom. The van der Waals surface area contributed by atoms with Crippen molar-refractivity contribution in [3.8, 4) is 5.75 Å². The molecule has 1 atom stereocenters. The van der Waals surface area contributed by atoms with Crippen molar-refractivity contribution in [1.29, 1.82) is 0 Å². The molecule has 1 aromatic rings. The lowest BCUT2D eigenvalue weighted by Crippen LogP contribution is -2.41. The zero-order valence-corrected chi connectivity index (χ0v) is 16.2. The lowest BCUT2D eigenvalue weighted by Gasteiger charge is -2.31. The molecule has 0 amide bonds. The zero-order chi connectivity index (χ0) is 18.4. The fourth-order valence-electron chi connectivity index (χ4n) is 3.18. The number of rotatable bonds is 8. The van der Waals surface area contributed by atoms with E-state index in [4.69, 9.17) is 4.74 Å². The van der Waals surface area contributed by atoms with Crippen LogP contribution in [-0.4, -0.2) is 58.3 Å². The van der Waals surface area contributed by atoms with Crippen LogP contribution < -0.4 is 9.46 Å². The molecule has 6 nitrogen and oxygen atoms in total. The Bertz CT molecular complexity index is 661. The van der Waals surface area contributed by atoms with Gasteiger partial charge in [-0.1, -0.05) is 19.9 Å². The number of piperidine rings is 1. The minimum Gasteiger partial charge on any atom is -0.495 e. The molecule has 1 aliphatic rings. The van der Waals surface area contributed by atoms with Crippen molar-refractivity contribution in [2.24, 2.45) is 5.92 Å². The molecule has 0 unspecified atom stereocenters. The van der Waals surface area contributed by atoms with Crippen LogP contribution in [0.1, 0.15) is 38.2 Å².